The molecule has 0 spiro atoms. The predicted octanol–water partition coefficient (Wildman–Crippen LogP) is 4.31. The number of aldehydes is 1. The van der Waals surface area contributed by atoms with E-state index in [4.69, 9.17) is 0 Å². The van der Waals surface area contributed by atoms with Gasteiger partial charge in [0.2, 0.25) is 0 Å². The van der Waals surface area contributed by atoms with E-state index in [0.717, 1.165) is 15.6 Å². The van der Waals surface area contributed by atoms with Crippen molar-refractivity contribution in [3.63, 3.8) is 0 Å². The van der Waals surface area contributed by atoms with Crippen LogP contribution in [-0.4, -0.2) is 16.1 Å². The molecule has 0 N–H and O–H groups in total. The number of hydrogen-bond donors (Lipinski definition) is 0. The fourth-order valence-electron chi connectivity index (χ4n) is 1.86. The molecule has 3 aromatic rings. The Kier molecular flexibility index (Phi) is 3.50. The molecule has 1 aromatic carbocycles. The van der Waals surface area contributed by atoms with E-state index in [9.17, 15) is 9.18 Å². The molecule has 0 bridgehead atoms. The van der Waals surface area contributed by atoms with Gasteiger partial charge in [0.05, 0.1) is 10.4 Å². The summed E-state index contributed by atoms with van der Waals surface area (Å²) in [4.78, 5) is 12.0. The van der Waals surface area contributed by atoms with E-state index >= 15 is 0 Å². The van der Waals surface area contributed by atoms with Gasteiger partial charge in [0.15, 0.2) is 6.29 Å². The van der Waals surface area contributed by atoms with E-state index < -0.39 is 0 Å². The number of hydrogen-bond acceptors (Lipinski definition) is 3. The summed E-state index contributed by atoms with van der Waals surface area (Å²) in [6.45, 7) is 0. The van der Waals surface area contributed by atoms with Gasteiger partial charge in [-0.15, -0.1) is 11.3 Å². The minimum absolute atomic E-state index is 0.317. The van der Waals surface area contributed by atoms with Gasteiger partial charge in [-0.25, -0.2) is 9.07 Å². The fourth-order valence-corrected chi connectivity index (χ4v) is 3.30. The van der Waals surface area contributed by atoms with Crippen LogP contribution in [0, 0.1) is 5.82 Å². The Morgan fingerprint density at radius 3 is 2.80 bits per heavy atom. The molecule has 0 radical (unpaired) electrons. The summed E-state index contributed by atoms with van der Waals surface area (Å²) in [5.41, 5.74) is 1.30. The van der Waals surface area contributed by atoms with Crippen LogP contribution >= 0.6 is 27.3 Å². The number of aromatic nitrogens is 2. The first-order valence-electron chi connectivity index (χ1n) is 5.73. The van der Waals surface area contributed by atoms with Crippen molar-refractivity contribution in [3.8, 4) is 16.3 Å². The van der Waals surface area contributed by atoms with E-state index in [2.05, 4.69) is 21.0 Å². The van der Waals surface area contributed by atoms with Crippen LogP contribution in [0.15, 0.2) is 46.4 Å². The summed E-state index contributed by atoms with van der Waals surface area (Å²) in [6.07, 6.45) is 2.27. The third-order valence-electron chi connectivity index (χ3n) is 2.77. The lowest BCUT2D eigenvalue weighted by Gasteiger charge is -2.01. The third kappa shape index (κ3) is 2.32. The Hall–Kier alpha value is -1.79. The van der Waals surface area contributed by atoms with Crippen molar-refractivity contribution in [3.05, 3.63) is 57.8 Å². The molecule has 0 saturated heterocycles. The molecule has 2 heterocycles. The molecule has 100 valence electrons. The van der Waals surface area contributed by atoms with Crippen LogP contribution in [0.25, 0.3) is 16.3 Å². The second-order valence-corrected chi connectivity index (χ2v) is 5.90. The Morgan fingerprint density at radius 1 is 1.35 bits per heavy atom. The molecule has 0 amide bonds. The first kappa shape index (κ1) is 13.2. The second-order valence-electron chi connectivity index (χ2n) is 4.08. The van der Waals surface area contributed by atoms with Crippen LogP contribution in [-0.2, 0) is 0 Å². The molecule has 3 nitrogen and oxygen atoms in total. The Bertz CT molecular complexity index is 781. The predicted molar refractivity (Wildman–Crippen MR) is 79.9 cm³/mol. The van der Waals surface area contributed by atoms with E-state index in [-0.39, 0.29) is 5.82 Å². The van der Waals surface area contributed by atoms with Crippen LogP contribution in [0.5, 0.6) is 0 Å². The first-order valence-corrected chi connectivity index (χ1v) is 7.40. The van der Waals surface area contributed by atoms with Crippen LogP contribution in [0.3, 0.4) is 0 Å². The molecule has 0 aliphatic heterocycles. The van der Waals surface area contributed by atoms with Crippen molar-refractivity contribution >= 4 is 33.6 Å². The number of halogens is 2. The maximum Gasteiger partial charge on any atom is 0.153 e. The topological polar surface area (TPSA) is 34.9 Å². The quantitative estimate of drug-likeness (QED) is 0.659. The molecule has 6 heteroatoms. The number of carbonyl (C=O) groups excluding carboxylic acids is 1. The highest BCUT2D eigenvalue weighted by Gasteiger charge is 2.14. The number of para-hydroxylation sites is 1. The molecule has 3 rings (SSSR count). The van der Waals surface area contributed by atoms with Crippen LogP contribution in [0.2, 0.25) is 0 Å². The van der Waals surface area contributed by atoms with Crippen molar-refractivity contribution in [2.45, 2.75) is 0 Å². The zero-order chi connectivity index (χ0) is 14.1. The average molecular weight is 351 g/mol. The fraction of sp³-hybridized carbons (Fsp3) is 0. The highest BCUT2D eigenvalue weighted by molar-refractivity contribution is 9.10. The SMILES string of the molecule is O=Cc1cn(-c2ccccc2F)nc1-c1cc(Br)cs1. The summed E-state index contributed by atoms with van der Waals surface area (Å²) in [7, 11) is 0. The molecular formula is C14H8BrFN2OS. The molecule has 0 saturated carbocycles. The molecule has 0 fully saturated rings. The zero-order valence-electron chi connectivity index (χ0n) is 10.1. The molecule has 2 aromatic heterocycles. The van der Waals surface area contributed by atoms with Crippen molar-refractivity contribution in [2.75, 3.05) is 0 Å². The van der Waals surface area contributed by atoms with Crippen molar-refractivity contribution in [1.29, 1.82) is 0 Å². The van der Waals surface area contributed by atoms with Crippen LogP contribution in [0.1, 0.15) is 10.4 Å². The van der Waals surface area contributed by atoms with Gasteiger partial charge in [-0.3, -0.25) is 4.79 Å². The summed E-state index contributed by atoms with van der Waals surface area (Å²) in [6, 6.07) is 8.19. The monoisotopic (exact) mass is 350 g/mol. The van der Waals surface area contributed by atoms with Gasteiger partial charge in [-0.1, -0.05) is 12.1 Å². The molecule has 0 unspecified atom stereocenters. The van der Waals surface area contributed by atoms with Gasteiger partial charge in [0.1, 0.15) is 17.2 Å². The van der Waals surface area contributed by atoms with Gasteiger partial charge in [-0.2, -0.15) is 5.10 Å². The molecule has 0 atom stereocenters. The smallest absolute Gasteiger partial charge is 0.153 e. The summed E-state index contributed by atoms with van der Waals surface area (Å²) < 4.78 is 16.1. The standard InChI is InChI=1S/C14H8BrFN2OS/c15-10-5-13(20-8-10)14-9(7-19)6-18(17-14)12-4-2-1-3-11(12)16/h1-8H. The zero-order valence-corrected chi connectivity index (χ0v) is 12.5. The first-order chi connectivity index (χ1) is 9.69. The van der Waals surface area contributed by atoms with Gasteiger partial charge in [-0.05, 0) is 34.1 Å². The third-order valence-corrected chi connectivity index (χ3v) is 4.47. The van der Waals surface area contributed by atoms with E-state index in [1.54, 1.807) is 18.2 Å². The van der Waals surface area contributed by atoms with Crippen molar-refractivity contribution < 1.29 is 9.18 Å². The average Bonchev–Trinajstić information content (AvgIpc) is 3.05. The molecular weight excluding hydrogens is 343 g/mol. The summed E-state index contributed by atoms with van der Waals surface area (Å²) in [5, 5.41) is 6.24. The van der Waals surface area contributed by atoms with Crippen molar-refractivity contribution in [2.24, 2.45) is 0 Å². The number of benzene rings is 1. The lowest BCUT2D eigenvalue weighted by molar-refractivity contribution is 0.112. The summed E-state index contributed by atoms with van der Waals surface area (Å²) in [5.74, 6) is -0.383. The molecule has 0 aliphatic carbocycles. The van der Waals surface area contributed by atoms with Crippen LogP contribution < -0.4 is 0 Å². The Morgan fingerprint density at radius 2 is 2.15 bits per heavy atom. The minimum atomic E-state index is -0.383. The largest absolute Gasteiger partial charge is 0.298 e. The van der Waals surface area contributed by atoms with Crippen LogP contribution in [0.4, 0.5) is 4.39 Å². The minimum Gasteiger partial charge on any atom is -0.298 e. The summed E-state index contributed by atoms with van der Waals surface area (Å²) >= 11 is 4.84. The lowest BCUT2D eigenvalue weighted by atomic mass is 10.2. The second kappa shape index (κ2) is 5.30. The van der Waals surface area contributed by atoms with E-state index in [1.165, 1.54) is 28.3 Å². The van der Waals surface area contributed by atoms with Crippen molar-refractivity contribution in [1.82, 2.24) is 9.78 Å². The number of thiophene rings is 1. The Labute approximate surface area is 126 Å². The molecule has 20 heavy (non-hydrogen) atoms. The van der Waals surface area contributed by atoms with E-state index in [1.807, 2.05) is 11.4 Å². The van der Waals surface area contributed by atoms with Gasteiger partial charge in [0.25, 0.3) is 0 Å². The van der Waals surface area contributed by atoms with E-state index in [0.29, 0.717) is 16.9 Å². The highest BCUT2D eigenvalue weighted by Crippen LogP contribution is 2.31. The van der Waals surface area contributed by atoms with Gasteiger partial charge < -0.3 is 0 Å². The normalized spacial score (nSPS) is 10.7. The maximum atomic E-state index is 13.8. The van der Waals surface area contributed by atoms with Gasteiger partial charge in [0, 0.05) is 16.0 Å². The van der Waals surface area contributed by atoms with Gasteiger partial charge >= 0.3 is 0 Å². The Balaban J connectivity index is 2.14. The number of carbonyl (C=O) groups is 1. The maximum absolute atomic E-state index is 13.8. The lowest BCUT2D eigenvalue weighted by Crippen LogP contribution is -1.97. The number of nitrogens with zero attached hydrogens (tertiary/aromatic N) is 2. The number of rotatable bonds is 3. The molecule has 0 aliphatic rings. The highest BCUT2D eigenvalue weighted by atomic mass is 79.9.